The zero-order chi connectivity index (χ0) is 15.7. The Morgan fingerprint density at radius 2 is 1.82 bits per heavy atom. The molecule has 0 amide bonds. The second kappa shape index (κ2) is 5.99. The minimum Gasteiger partial charge on any atom is -0.397 e. The van der Waals surface area contributed by atoms with Crippen LogP contribution < -0.4 is 5.73 Å². The fraction of sp³-hybridized carbons (Fsp3) is 0.353. The van der Waals surface area contributed by atoms with E-state index < -0.39 is 17.8 Å². The number of anilines is 1. The molecule has 1 fully saturated rings. The van der Waals surface area contributed by atoms with Gasteiger partial charge in [-0.05, 0) is 37.1 Å². The van der Waals surface area contributed by atoms with Crippen molar-refractivity contribution in [1.82, 2.24) is 4.98 Å². The first kappa shape index (κ1) is 14.9. The number of hydrogen-bond acceptors (Lipinski definition) is 2. The molecule has 1 saturated carbocycles. The lowest BCUT2D eigenvalue weighted by Crippen LogP contribution is -2.21. The van der Waals surface area contributed by atoms with E-state index in [0.29, 0.717) is 24.1 Å². The van der Waals surface area contributed by atoms with Crippen molar-refractivity contribution in [1.29, 1.82) is 0 Å². The Morgan fingerprint density at radius 1 is 1.05 bits per heavy atom. The number of nitrogens with zero attached hydrogens (tertiary/aromatic N) is 1. The molecule has 2 atom stereocenters. The molecule has 5 heteroatoms. The standard InChI is InChI=1S/C17H17F3N2/c18-10-5-6-15(20)13(9-10)11-7-8-22-17(16(11)21)12-3-1-2-4-14(12)19/h5-9,12,14H,1-4,21H2. The van der Waals surface area contributed by atoms with Crippen LogP contribution in [0.5, 0.6) is 0 Å². The van der Waals surface area contributed by atoms with E-state index in [4.69, 9.17) is 5.73 Å². The second-order valence-corrected chi connectivity index (χ2v) is 5.69. The Morgan fingerprint density at radius 3 is 2.59 bits per heavy atom. The Kier molecular flexibility index (Phi) is 4.05. The summed E-state index contributed by atoms with van der Waals surface area (Å²) in [5, 5.41) is 0. The van der Waals surface area contributed by atoms with Gasteiger partial charge in [0.1, 0.15) is 17.8 Å². The molecule has 0 radical (unpaired) electrons. The molecule has 2 unspecified atom stereocenters. The van der Waals surface area contributed by atoms with Crippen molar-refractivity contribution in [3.8, 4) is 11.1 Å². The highest BCUT2D eigenvalue weighted by Gasteiger charge is 2.29. The summed E-state index contributed by atoms with van der Waals surface area (Å²) in [5.74, 6) is -1.48. The van der Waals surface area contributed by atoms with Gasteiger partial charge in [0.05, 0.1) is 11.4 Å². The van der Waals surface area contributed by atoms with E-state index in [1.165, 1.54) is 12.3 Å². The molecule has 1 aromatic heterocycles. The van der Waals surface area contributed by atoms with Crippen molar-refractivity contribution in [2.45, 2.75) is 37.8 Å². The zero-order valence-electron chi connectivity index (χ0n) is 12.0. The van der Waals surface area contributed by atoms with E-state index in [-0.39, 0.29) is 17.2 Å². The molecule has 1 heterocycles. The SMILES string of the molecule is Nc1c(-c2cc(F)ccc2F)ccnc1C1CCCCC1F. The molecule has 116 valence electrons. The van der Waals surface area contributed by atoms with Gasteiger partial charge in [0.15, 0.2) is 0 Å². The molecule has 1 aliphatic rings. The summed E-state index contributed by atoms with van der Waals surface area (Å²) in [4.78, 5) is 4.21. The van der Waals surface area contributed by atoms with Crippen LogP contribution in [-0.2, 0) is 0 Å². The van der Waals surface area contributed by atoms with Gasteiger partial charge in [0.2, 0.25) is 0 Å². The number of aromatic nitrogens is 1. The Bertz CT molecular complexity index is 688. The van der Waals surface area contributed by atoms with Crippen LogP contribution in [0.2, 0.25) is 0 Å². The largest absolute Gasteiger partial charge is 0.397 e. The Labute approximate surface area is 127 Å². The van der Waals surface area contributed by atoms with Gasteiger partial charge in [-0.1, -0.05) is 12.8 Å². The molecule has 1 aromatic carbocycles. The third-order valence-electron chi connectivity index (χ3n) is 4.27. The highest BCUT2D eigenvalue weighted by molar-refractivity contribution is 5.78. The van der Waals surface area contributed by atoms with Gasteiger partial charge < -0.3 is 5.73 Å². The highest BCUT2D eigenvalue weighted by atomic mass is 19.1. The lowest BCUT2D eigenvalue weighted by atomic mass is 9.83. The van der Waals surface area contributed by atoms with Crippen molar-refractivity contribution in [3.63, 3.8) is 0 Å². The molecule has 2 aromatic rings. The first-order chi connectivity index (χ1) is 10.6. The summed E-state index contributed by atoms with van der Waals surface area (Å²) in [6, 6.07) is 4.74. The summed E-state index contributed by atoms with van der Waals surface area (Å²) >= 11 is 0. The van der Waals surface area contributed by atoms with Crippen molar-refractivity contribution in [2.24, 2.45) is 0 Å². The number of pyridine rings is 1. The lowest BCUT2D eigenvalue weighted by molar-refractivity contribution is 0.214. The number of rotatable bonds is 2. The van der Waals surface area contributed by atoms with E-state index in [9.17, 15) is 13.2 Å². The van der Waals surface area contributed by atoms with E-state index in [0.717, 1.165) is 31.0 Å². The average molecular weight is 306 g/mol. The number of benzene rings is 1. The first-order valence-corrected chi connectivity index (χ1v) is 7.42. The summed E-state index contributed by atoms with van der Waals surface area (Å²) in [7, 11) is 0. The van der Waals surface area contributed by atoms with Crippen LogP contribution in [0.25, 0.3) is 11.1 Å². The summed E-state index contributed by atoms with van der Waals surface area (Å²) in [6.45, 7) is 0. The molecule has 3 rings (SSSR count). The number of nitrogen functional groups attached to an aromatic ring is 1. The van der Waals surface area contributed by atoms with Crippen LogP contribution in [0.4, 0.5) is 18.9 Å². The monoisotopic (exact) mass is 306 g/mol. The Hall–Kier alpha value is -2.04. The minimum atomic E-state index is -0.990. The van der Waals surface area contributed by atoms with Gasteiger partial charge in [-0.15, -0.1) is 0 Å². The predicted octanol–water partition coefficient (Wildman–Crippen LogP) is 4.60. The number of alkyl halides is 1. The summed E-state index contributed by atoms with van der Waals surface area (Å²) in [6.07, 6.45) is 3.43. The fourth-order valence-corrected chi connectivity index (χ4v) is 3.12. The third kappa shape index (κ3) is 2.67. The predicted molar refractivity (Wildman–Crippen MR) is 80.1 cm³/mol. The molecule has 0 bridgehead atoms. The normalized spacial score (nSPS) is 21.8. The molecule has 0 spiro atoms. The number of nitrogens with two attached hydrogens (primary N) is 1. The highest BCUT2D eigenvalue weighted by Crippen LogP contribution is 2.40. The van der Waals surface area contributed by atoms with Crippen LogP contribution in [0.3, 0.4) is 0 Å². The zero-order valence-corrected chi connectivity index (χ0v) is 12.0. The molecule has 22 heavy (non-hydrogen) atoms. The van der Waals surface area contributed by atoms with E-state index in [1.54, 1.807) is 0 Å². The first-order valence-electron chi connectivity index (χ1n) is 7.42. The smallest absolute Gasteiger partial charge is 0.131 e. The fourth-order valence-electron chi connectivity index (χ4n) is 3.12. The maximum Gasteiger partial charge on any atom is 0.131 e. The second-order valence-electron chi connectivity index (χ2n) is 5.69. The summed E-state index contributed by atoms with van der Waals surface area (Å²) < 4.78 is 41.5. The van der Waals surface area contributed by atoms with Crippen LogP contribution in [-0.4, -0.2) is 11.2 Å². The maximum atomic E-state index is 14.2. The van der Waals surface area contributed by atoms with Crippen LogP contribution in [0.15, 0.2) is 30.5 Å². The van der Waals surface area contributed by atoms with Crippen LogP contribution in [0.1, 0.15) is 37.3 Å². The van der Waals surface area contributed by atoms with Gasteiger partial charge in [0, 0.05) is 23.2 Å². The van der Waals surface area contributed by atoms with Crippen LogP contribution in [0, 0.1) is 11.6 Å². The lowest BCUT2D eigenvalue weighted by Gasteiger charge is -2.26. The number of halogens is 3. The maximum absolute atomic E-state index is 14.2. The molecular formula is C17H17F3N2. The van der Waals surface area contributed by atoms with Crippen molar-refractivity contribution >= 4 is 5.69 Å². The van der Waals surface area contributed by atoms with E-state index >= 15 is 0 Å². The van der Waals surface area contributed by atoms with Gasteiger partial charge in [-0.3, -0.25) is 4.98 Å². The minimum absolute atomic E-state index is 0.0763. The van der Waals surface area contributed by atoms with Crippen molar-refractivity contribution in [3.05, 3.63) is 47.8 Å². The topological polar surface area (TPSA) is 38.9 Å². The quantitative estimate of drug-likeness (QED) is 0.880. The van der Waals surface area contributed by atoms with Crippen molar-refractivity contribution in [2.75, 3.05) is 5.73 Å². The van der Waals surface area contributed by atoms with Gasteiger partial charge in [-0.25, -0.2) is 13.2 Å². The van der Waals surface area contributed by atoms with Gasteiger partial charge in [-0.2, -0.15) is 0 Å². The molecular weight excluding hydrogens is 289 g/mol. The molecule has 0 aliphatic heterocycles. The third-order valence-corrected chi connectivity index (χ3v) is 4.27. The number of hydrogen-bond donors (Lipinski definition) is 1. The Balaban J connectivity index is 2.07. The van der Waals surface area contributed by atoms with E-state index in [1.807, 2.05) is 0 Å². The van der Waals surface area contributed by atoms with Crippen LogP contribution >= 0.6 is 0 Å². The molecule has 2 nitrogen and oxygen atoms in total. The van der Waals surface area contributed by atoms with Gasteiger partial charge >= 0.3 is 0 Å². The molecule has 2 N–H and O–H groups in total. The van der Waals surface area contributed by atoms with Gasteiger partial charge in [0.25, 0.3) is 0 Å². The molecule has 0 saturated heterocycles. The average Bonchev–Trinajstić information content (AvgIpc) is 2.51. The van der Waals surface area contributed by atoms with Crippen molar-refractivity contribution < 1.29 is 13.2 Å². The summed E-state index contributed by atoms with van der Waals surface area (Å²) in [5.41, 5.74) is 7.24. The molecule has 1 aliphatic carbocycles. The van der Waals surface area contributed by atoms with E-state index in [2.05, 4.69) is 4.98 Å².